The standard InChI is InChI=1S/C12H13N3O3S/c1-8(11(16)17)19-12-13-10(14-15-12)7-18-9-5-3-2-4-6-9/h2-6,8H,7H2,1H3,(H,16,17)(H,13,14,15). The number of para-hydroxylation sites is 1. The van der Waals surface area contributed by atoms with Gasteiger partial charge in [-0.25, -0.2) is 4.98 Å². The number of nitrogens with one attached hydrogen (secondary N) is 1. The number of carbonyl (C=O) groups is 1. The maximum Gasteiger partial charge on any atom is 0.316 e. The summed E-state index contributed by atoms with van der Waals surface area (Å²) in [4.78, 5) is 14.9. The van der Waals surface area contributed by atoms with E-state index in [9.17, 15) is 4.79 Å². The molecule has 0 aliphatic rings. The molecule has 6 nitrogen and oxygen atoms in total. The lowest BCUT2D eigenvalue weighted by atomic mass is 10.3. The largest absolute Gasteiger partial charge is 0.486 e. The van der Waals surface area contributed by atoms with Gasteiger partial charge in [-0.05, 0) is 19.1 Å². The summed E-state index contributed by atoms with van der Waals surface area (Å²) in [7, 11) is 0. The Balaban J connectivity index is 1.89. The lowest BCUT2D eigenvalue weighted by Crippen LogP contribution is -2.11. The average Bonchev–Trinajstić information content (AvgIpc) is 2.85. The summed E-state index contributed by atoms with van der Waals surface area (Å²) in [5.41, 5.74) is 0. The topological polar surface area (TPSA) is 88.1 Å². The molecule has 0 aliphatic heterocycles. The number of carboxylic acid groups (broad SMARTS) is 1. The van der Waals surface area contributed by atoms with E-state index in [4.69, 9.17) is 9.84 Å². The Kier molecular flexibility index (Phi) is 4.40. The van der Waals surface area contributed by atoms with Crippen molar-refractivity contribution in [3.8, 4) is 5.75 Å². The van der Waals surface area contributed by atoms with Gasteiger partial charge in [-0.1, -0.05) is 30.0 Å². The Morgan fingerprint density at radius 1 is 1.47 bits per heavy atom. The number of hydrogen-bond acceptors (Lipinski definition) is 5. The third-order valence-electron chi connectivity index (χ3n) is 2.26. The van der Waals surface area contributed by atoms with Crippen LogP contribution in [-0.4, -0.2) is 31.5 Å². The number of thioether (sulfide) groups is 1. The molecule has 1 atom stereocenters. The van der Waals surface area contributed by atoms with Crippen LogP contribution >= 0.6 is 11.8 Å². The molecule has 2 aromatic rings. The number of ether oxygens (including phenoxy) is 1. The minimum atomic E-state index is -0.892. The maximum absolute atomic E-state index is 10.7. The zero-order valence-corrected chi connectivity index (χ0v) is 11.1. The smallest absolute Gasteiger partial charge is 0.316 e. The van der Waals surface area contributed by atoms with Gasteiger partial charge in [0.1, 0.15) is 17.6 Å². The predicted octanol–water partition coefficient (Wildman–Crippen LogP) is 1.95. The summed E-state index contributed by atoms with van der Waals surface area (Å²) < 4.78 is 5.50. The Morgan fingerprint density at radius 2 is 2.21 bits per heavy atom. The van der Waals surface area contributed by atoms with E-state index in [1.54, 1.807) is 6.92 Å². The first-order valence-corrected chi connectivity index (χ1v) is 6.51. The molecule has 0 saturated carbocycles. The van der Waals surface area contributed by atoms with E-state index in [-0.39, 0.29) is 6.61 Å². The Morgan fingerprint density at radius 3 is 2.89 bits per heavy atom. The van der Waals surface area contributed by atoms with E-state index < -0.39 is 11.2 Å². The first kappa shape index (κ1) is 13.4. The van der Waals surface area contributed by atoms with Crippen LogP contribution in [0.2, 0.25) is 0 Å². The SMILES string of the molecule is CC(Sc1n[nH]c(COc2ccccc2)n1)C(=O)O. The fraction of sp³-hybridized carbons (Fsp3) is 0.250. The van der Waals surface area contributed by atoms with Crippen molar-refractivity contribution in [2.45, 2.75) is 23.9 Å². The van der Waals surface area contributed by atoms with Gasteiger partial charge in [-0.2, -0.15) is 0 Å². The zero-order valence-electron chi connectivity index (χ0n) is 10.2. The minimum absolute atomic E-state index is 0.263. The van der Waals surface area contributed by atoms with E-state index in [1.807, 2.05) is 30.3 Å². The molecule has 0 fully saturated rings. The molecule has 0 spiro atoms. The highest BCUT2D eigenvalue weighted by molar-refractivity contribution is 8.00. The summed E-state index contributed by atoms with van der Waals surface area (Å²) in [6.45, 7) is 1.85. The predicted molar refractivity (Wildman–Crippen MR) is 70.1 cm³/mol. The van der Waals surface area contributed by atoms with Crippen molar-refractivity contribution in [1.82, 2.24) is 15.2 Å². The van der Waals surface area contributed by atoms with Gasteiger partial charge >= 0.3 is 5.97 Å². The van der Waals surface area contributed by atoms with Crippen molar-refractivity contribution < 1.29 is 14.6 Å². The Bertz CT molecular complexity index is 544. The molecule has 0 radical (unpaired) electrons. The van der Waals surface area contributed by atoms with Gasteiger partial charge in [0.05, 0.1) is 0 Å². The van der Waals surface area contributed by atoms with Crippen LogP contribution in [-0.2, 0) is 11.4 Å². The van der Waals surface area contributed by atoms with Gasteiger partial charge < -0.3 is 9.84 Å². The van der Waals surface area contributed by atoms with Gasteiger partial charge in [0.15, 0.2) is 5.82 Å². The van der Waals surface area contributed by atoms with Crippen LogP contribution in [0, 0.1) is 0 Å². The maximum atomic E-state index is 10.7. The van der Waals surface area contributed by atoms with Crippen LogP contribution in [0.5, 0.6) is 5.75 Å². The van der Waals surface area contributed by atoms with Crippen LogP contribution < -0.4 is 4.74 Å². The first-order chi connectivity index (χ1) is 9.15. The van der Waals surface area contributed by atoms with Crippen LogP contribution in [0.4, 0.5) is 0 Å². The first-order valence-electron chi connectivity index (χ1n) is 5.64. The summed E-state index contributed by atoms with van der Waals surface area (Å²) in [5.74, 6) is 0.410. The molecule has 1 aromatic heterocycles. The van der Waals surface area contributed by atoms with Gasteiger partial charge in [-0.15, -0.1) is 5.10 Å². The molecule has 2 rings (SSSR count). The second kappa shape index (κ2) is 6.24. The highest BCUT2D eigenvalue weighted by Crippen LogP contribution is 2.19. The molecule has 0 aliphatic carbocycles. The van der Waals surface area contributed by atoms with E-state index in [1.165, 1.54) is 0 Å². The van der Waals surface area contributed by atoms with Crippen molar-refractivity contribution in [3.05, 3.63) is 36.2 Å². The van der Waals surface area contributed by atoms with Crippen LogP contribution in [0.25, 0.3) is 0 Å². The molecule has 19 heavy (non-hydrogen) atoms. The third-order valence-corrected chi connectivity index (χ3v) is 3.21. The van der Waals surface area contributed by atoms with E-state index in [0.29, 0.717) is 11.0 Å². The Hall–Kier alpha value is -2.02. The number of rotatable bonds is 6. The number of H-pyrrole nitrogens is 1. The molecule has 1 unspecified atom stereocenters. The molecule has 7 heteroatoms. The van der Waals surface area contributed by atoms with Crippen molar-refractivity contribution in [2.24, 2.45) is 0 Å². The number of carboxylic acids is 1. The lowest BCUT2D eigenvalue weighted by Gasteiger charge is -2.02. The van der Waals surface area contributed by atoms with Gasteiger partial charge in [-0.3, -0.25) is 9.89 Å². The molecular weight excluding hydrogens is 266 g/mol. The van der Waals surface area contributed by atoms with Crippen molar-refractivity contribution in [3.63, 3.8) is 0 Å². The van der Waals surface area contributed by atoms with Gasteiger partial charge in [0.2, 0.25) is 5.16 Å². The van der Waals surface area contributed by atoms with Gasteiger partial charge in [0, 0.05) is 0 Å². The lowest BCUT2D eigenvalue weighted by molar-refractivity contribution is -0.136. The van der Waals surface area contributed by atoms with Crippen LogP contribution in [0.1, 0.15) is 12.7 Å². The number of nitrogens with zero attached hydrogens (tertiary/aromatic N) is 2. The second-order valence-corrected chi connectivity index (χ2v) is 5.07. The summed E-state index contributed by atoms with van der Waals surface area (Å²) >= 11 is 1.09. The zero-order chi connectivity index (χ0) is 13.7. The van der Waals surface area contributed by atoms with Crippen molar-refractivity contribution in [2.75, 3.05) is 0 Å². The number of benzene rings is 1. The number of aromatic nitrogens is 3. The summed E-state index contributed by atoms with van der Waals surface area (Å²) in [5, 5.41) is 15.3. The molecular formula is C12H13N3O3S. The van der Waals surface area contributed by atoms with Crippen LogP contribution in [0.15, 0.2) is 35.5 Å². The fourth-order valence-electron chi connectivity index (χ4n) is 1.27. The Labute approximate surface area is 114 Å². The van der Waals surface area contributed by atoms with E-state index >= 15 is 0 Å². The molecule has 1 heterocycles. The fourth-order valence-corrected chi connectivity index (χ4v) is 1.95. The average molecular weight is 279 g/mol. The number of aromatic amines is 1. The summed E-state index contributed by atoms with van der Waals surface area (Å²) in [6, 6.07) is 9.36. The normalized spacial score (nSPS) is 12.1. The van der Waals surface area contributed by atoms with Gasteiger partial charge in [0.25, 0.3) is 0 Å². The molecule has 0 bridgehead atoms. The molecule has 1 aromatic carbocycles. The van der Waals surface area contributed by atoms with E-state index in [0.717, 1.165) is 17.5 Å². The van der Waals surface area contributed by atoms with E-state index in [2.05, 4.69) is 15.2 Å². The molecule has 100 valence electrons. The number of hydrogen-bond donors (Lipinski definition) is 2. The molecule has 0 amide bonds. The monoisotopic (exact) mass is 279 g/mol. The highest BCUT2D eigenvalue weighted by atomic mass is 32.2. The second-order valence-electron chi connectivity index (χ2n) is 3.76. The van der Waals surface area contributed by atoms with Crippen molar-refractivity contribution >= 4 is 17.7 Å². The highest BCUT2D eigenvalue weighted by Gasteiger charge is 2.15. The number of aliphatic carboxylic acids is 1. The quantitative estimate of drug-likeness (QED) is 0.786. The third kappa shape index (κ3) is 3.99. The van der Waals surface area contributed by atoms with Crippen LogP contribution in [0.3, 0.4) is 0 Å². The molecule has 0 saturated heterocycles. The minimum Gasteiger partial charge on any atom is -0.486 e. The summed E-state index contributed by atoms with van der Waals surface area (Å²) in [6.07, 6.45) is 0. The molecule has 2 N–H and O–H groups in total. The van der Waals surface area contributed by atoms with Crippen molar-refractivity contribution in [1.29, 1.82) is 0 Å².